The first kappa shape index (κ1) is 12.6. The Morgan fingerprint density at radius 2 is 2.27 bits per heavy atom. The van der Waals surface area contributed by atoms with Crippen LogP contribution in [-0.2, 0) is 0 Å². The summed E-state index contributed by atoms with van der Waals surface area (Å²) in [5.41, 5.74) is 0.864. The van der Waals surface area contributed by atoms with E-state index in [-0.39, 0.29) is 12.4 Å². The van der Waals surface area contributed by atoms with Gasteiger partial charge < -0.3 is 10.6 Å². The van der Waals surface area contributed by atoms with Gasteiger partial charge in [0.25, 0.3) is 0 Å². The molecule has 0 amide bonds. The van der Waals surface area contributed by atoms with E-state index in [1.807, 2.05) is 18.2 Å². The van der Waals surface area contributed by atoms with Crippen molar-refractivity contribution in [2.75, 3.05) is 18.4 Å². The maximum atomic E-state index is 6.03. The molecular formula is C9H10BrCl2N3. The first-order valence-corrected chi connectivity index (χ1v) is 5.43. The summed E-state index contributed by atoms with van der Waals surface area (Å²) in [7, 11) is 0. The third-order valence-electron chi connectivity index (χ3n) is 1.86. The smallest absolute Gasteiger partial charge is 0.195 e. The molecule has 1 aliphatic heterocycles. The van der Waals surface area contributed by atoms with Crippen LogP contribution in [0.25, 0.3) is 0 Å². The highest BCUT2D eigenvalue weighted by Crippen LogP contribution is 2.25. The molecule has 3 nitrogen and oxygen atoms in total. The fourth-order valence-corrected chi connectivity index (χ4v) is 1.92. The van der Waals surface area contributed by atoms with Crippen LogP contribution in [0.5, 0.6) is 0 Å². The Morgan fingerprint density at radius 1 is 1.47 bits per heavy atom. The Bertz CT molecular complexity index is 382. The van der Waals surface area contributed by atoms with Gasteiger partial charge in [0.05, 0.1) is 17.3 Å². The van der Waals surface area contributed by atoms with E-state index < -0.39 is 0 Å². The van der Waals surface area contributed by atoms with Crippen molar-refractivity contribution < 1.29 is 0 Å². The highest BCUT2D eigenvalue weighted by molar-refractivity contribution is 9.10. The van der Waals surface area contributed by atoms with Gasteiger partial charge in [-0.05, 0) is 18.2 Å². The van der Waals surface area contributed by atoms with E-state index in [9.17, 15) is 0 Å². The number of benzene rings is 1. The normalized spacial score (nSPS) is 13.9. The van der Waals surface area contributed by atoms with Gasteiger partial charge in [-0.2, -0.15) is 0 Å². The minimum absolute atomic E-state index is 0. The van der Waals surface area contributed by atoms with Gasteiger partial charge in [-0.1, -0.05) is 27.5 Å². The molecule has 0 saturated carbocycles. The van der Waals surface area contributed by atoms with Crippen LogP contribution in [-0.4, -0.2) is 19.0 Å². The van der Waals surface area contributed by atoms with Gasteiger partial charge in [-0.25, -0.2) is 0 Å². The summed E-state index contributed by atoms with van der Waals surface area (Å²) in [5, 5.41) is 6.91. The summed E-state index contributed by atoms with van der Waals surface area (Å²) >= 11 is 9.38. The van der Waals surface area contributed by atoms with Crippen molar-refractivity contribution >= 4 is 51.6 Å². The van der Waals surface area contributed by atoms with Crippen molar-refractivity contribution in [1.82, 2.24) is 5.32 Å². The van der Waals surface area contributed by atoms with Crippen molar-refractivity contribution in [2.24, 2.45) is 4.99 Å². The van der Waals surface area contributed by atoms with Crippen molar-refractivity contribution in [3.8, 4) is 0 Å². The Hall–Kier alpha value is -0.450. The van der Waals surface area contributed by atoms with Crippen LogP contribution in [0.2, 0.25) is 5.02 Å². The van der Waals surface area contributed by atoms with Crippen molar-refractivity contribution in [1.29, 1.82) is 0 Å². The Kier molecular flexibility index (Phi) is 4.70. The molecule has 1 heterocycles. The molecule has 0 aromatic heterocycles. The fraction of sp³-hybridized carbons (Fsp3) is 0.222. The van der Waals surface area contributed by atoms with Crippen LogP contribution in [0.4, 0.5) is 5.69 Å². The molecule has 0 spiro atoms. The summed E-state index contributed by atoms with van der Waals surface area (Å²) in [4.78, 5) is 4.22. The highest BCUT2D eigenvalue weighted by atomic mass is 79.9. The molecule has 0 aliphatic carbocycles. The average molecular weight is 311 g/mol. The lowest BCUT2D eigenvalue weighted by Crippen LogP contribution is -2.26. The maximum absolute atomic E-state index is 6.03. The van der Waals surface area contributed by atoms with Gasteiger partial charge in [-0.15, -0.1) is 12.4 Å². The van der Waals surface area contributed by atoms with Gasteiger partial charge in [0.15, 0.2) is 5.96 Å². The molecule has 0 saturated heterocycles. The molecule has 1 aromatic carbocycles. The number of nitrogens with one attached hydrogen (secondary N) is 2. The molecule has 0 radical (unpaired) electrons. The monoisotopic (exact) mass is 309 g/mol. The van der Waals surface area contributed by atoms with E-state index in [0.29, 0.717) is 5.02 Å². The number of halogens is 3. The Morgan fingerprint density at radius 3 is 2.87 bits per heavy atom. The average Bonchev–Trinajstić information content (AvgIpc) is 2.62. The quantitative estimate of drug-likeness (QED) is 0.837. The number of guanidine groups is 1. The highest BCUT2D eigenvalue weighted by Gasteiger charge is 2.07. The molecule has 15 heavy (non-hydrogen) atoms. The third kappa shape index (κ3) is 3.26. The van der Waals surface area contributed by atoms with E-state index in [4.69, 9.17) is 11.6 Å². The largest absolute Gasteiger partial charge is 0.354 e. The van der Waals surface area contributed by atoms with Crippen molar-refractivity contribution in [3.63, 3.8) is 0 Å². The van der Waals surface area contributed by atoms with E-state index >= 15 is 0 Å². The number of rotatable bonds is 1. The van der Waals surface area contributed by atoms with Gasteiger partial charge in [0, 0.05) is 11.0 Å². The first-order chi connectivity index (χ1) is 6.75. The Balaban J connectivity index is 0.00000112. The molecule has 0 unspecified atom stereocenters. The lowest BCUT2D eigenvalue weighted by Gasteiger charge is -2.08. The Labute approximate surface area is 108 Å². The molecule has 2 rings (SSSR count). The summed E-state index contributed by atoms with van der Waals surface area (Å²) < 4.78 is 0.967. The fourth-order valence-electron chi connectivity index (χ4n) is 1.20. The first-order valence-electron chi connectivity index (χ1n) is 4.26. The number of anilines is 1. The summed E-state index contributed by atoms with van der Waals surface area (Å²) in [6, 6.07) is 5.69. The van der Waals surface area contributed by atoms with Crippen LogP contribution in [0, 0.1) is 0 Å². The molecule has 1 aromatic rings. The molecule has 2 N–H and O–H groups in total. The number of nitrogens with zero attached hydrogens (tertiary/aromatic N) is 1. The number of hydrogen-bond donors (Lipinski definition) is 2. The van der Waals surface area contributed by atoms with Crippen LogP contribution >= 0.6 is 39.9 Å². The van der Waals surface area contributed by atoms with Crippen LogP contribution in [0.3, 0.4) is 0 Å². The molecule has 82 valence electrons. The molecule has 6 heteroatoms. The molecule has 0 fully saturated rings. The van der Waals surface area contributed by atoms with Crippen molar-refractivity contribution in [2.45, 2.75) is 0 Å². The zero-order valence-corrected chi connectivity index (χ0v) is 10.9. The van der Waals surface area contributed by atoms with E-state index in [1.165, 1.54) is 0 Å². The standard InChI is InChI=1S/C9H9BrClN3.ClH/c10-6-1-2-8(7(11)5-6)14-9-12-3-4-13-9;/h1-2,5H,3-4H2,(H2,12,13,14);1H. The lowest BCUT2D eigenvalue weighted by atomic mass is 10.3. The second-order valence-electron chi connectivity index (χ2n) is 2.91. The third-order valence-corrected chi connectivity index (χ3v) is 2.66. The number of aliphatic imine (C=N–C) groups is 1. The minimum atomic E-state index is 0. The van der Waals surface area contributed by atoms with Gasteiger partial charge >= 0.3 is 0 Å². The van der Waals surface area contributed by atoms with Crippen LogP contribution in [0.1, 0.15) is 0 Å². The number of hydrogen-bond acceptors (Lipinski definition) is 3. The topological polar surface area (TPSA) is 36.4 Å². The minimum Gasteiger partial charge on any atom is -0.354 e. The van der Waals surface area contributed by atoms with Crippen LogP contribution in [0.15, 0.2) is 27.7 Å². The summed E-state index contributed by atoms with van der Waals surface area (Å²) in [6.45, 7) is 1.70. The lowest BCUT2D eigenvalue weighted by molar-refractivity contribution is 0.959. The predicted octanol–water partition coefficient (Wildman–Crippen LogP) is 2.90. The second kappa shape index (κ2) is 5.58. The van der Waals surface area contributed by atoms with E-state index in [0.717, 1.165) is 29.2 Å². The van der Waals surface area contributed by atoms with Gasteiger partial charge in [0.2, 0.25) is 0 Å². The van der Waals surface area contributed by atoms with Gasteiger partial charge in [-0.3, -0.25) is 4.99 Å². The maximum Gasteiger partial charge on any atom is 0.195 e. The molecule has 0 bridgehead atoms. The summed E-state index contributed by atoms with van der Waals surface area (Å²) in [5.74, 6) is 0.786. The van der Waals surface area contributed by atoms with Crippen molar-refractivity contribution in [3.05, 3.63) is 27.7 Å². The SMILES string of the molecule is Cl.Clc1cc(Br)ccc1NC1=NCCN1. The van der Waals surface area contributed by atoms with Gasteiger partial charge in [0.1, 0.15) is 0 Å². The predicted molar refractivity (Wildman–Crippen MR) is 70.3 cm³/mol. The van der Waals surface area contributed by atoms with Crippen LogP contribution < -0.4 is 10.6 Å². The molecular weight excluding hydrogens is 301 g/mol. The molecule has 0 atom stereocenters. The van der Waals surface area contributed by atoms with E-state index in [1.54, 1.807) is 0 Å². The zero-order chi connectivity index (χ0) is 9.97. The van der Waals surface area contributed by atoms with E-state index in [2.05, 4.69) is 31.6 Å². The zero-order valence-electron chi connectivity index (χ0n) is 7.76. The molecule has 1 aliphatic rings. The summed E-state index contributed by atoms with van der Waals surface area (Å²) in [6.07, 6.45) is 0. The second-order valence-corrected chi connectivity index (χ2v) is 4.23.